The van der Waals surface area contributed by atoms with Crippen LogP contribution < -0.4 is 5.73 Å². The molecule has 0 aromatic carbocycles. The Balaban J connectivity index is 2.29. The van der Waals surface area contributed by atoms with Gasteiger partial charge in [0, 0.05) is 12.6 Å². The van der Waals surface area contributed by atoms with E-state index in [9.17, 15) is 0 Å². The molecule has 0 aliphatic carbocycles. The molecule has 2 rings (SSSR count). The lowest BCUT2D eigenvalue weighted by molar-refractivity contribution is 0.814. The van der Waals surface area contributed by atoms with E-state index in [0.717, 1.165) is 37.3 Å². The Morgan fingerprint density at radius 2 is 2.27 bits per heavy atom. The van der Waals surface area contributed by atoms with Crippen LogP contribution in [0.2, 0.25) is 0 Å². The number of nitrogens with zero attached hydrogens (tertiary/aromatic N) is 3. The predicted molar refractivity (Wildman–Crippen MR) is 59.7 cm³/mol. The summed E-state index contributed by atoms with van der Waals surface area (Å²) in [5, 5.41) is 4.37. The Morgan fingerprint density at radius 1 is 1.40 bits per heavy atom. The molecule has 2 heterocycles. The number of fused-ring (bicyclic) bond motifs is 1. The largest absolute Gasteiger partial charge is 0.330 e. The van der Waals surface area contributed by atoms with Gasteiger partial charge < -0.3 is 5.73 Å². The summed E-state index contributed by atoms with van der Waals surface area (Å²) in [4.78, 5) is 4.38. The second kappa shape index (κ2) is 4.40. The smallest absolute Gasteiger partial charge is 0.155 e. The lowest BCUT2D eigenvalue weighted by Gasteiger charge is -1.99. The van der Waals surface area contributed by atoms with Gasteiger partial charge in [-0.05, 0) is 31.0 Å². The van der Waals surface area contributed by atoms with Crippen LogP contribution in [0, 0.1) is 0 Å². The summed E-state index contributed by atoms with van der Waals surface area (Å²) in [6.45, 7) is 2.79. The average molecular weight is 204 g/mol. The molecular formula is C11H16N4. The number of aromatic nitrogens is 3. The molecule has 4 nitrogen and oxygen atoms in total. The van der Waals surface area contributed by atoms with Crippen molar-refractivity contribution in [2.75, 3.05) is 6.54 Å². The fraction of sp³-hybridized carbons (Fsp3) is 0.455. The average Bonchev–Trinajstić information content (AvgIpc) is 2.68. The van der Waals surface area contributed by atoms with E-state index < -0.39 is 0 Å². The second-order valence-corrected chi connectivity index (χ2v) is 3.61. The van der Waals surface area contributed by atoms with Crippen LogP contribution in [-0.2, 0) is 12.8 Å². The SMILES string of the molecule is CCc1nc2ccc(CCCN)cn2n1. The fourth-order valence-corrected chi connectivity index (χ4v) is 1.58. The summed E-state index contributed by atoms with van der Waals surface area (Å²) in [5.41, 5.74) is 7.66. The molecule has 0 aliphatic heterocycles. The number of rotatable bonds is 4. The molecule has 0 saturated heterocycles. The molecule has 0 fully saturated rings. The minimum Gasteiger partial charge on any atom is -0.330 e. The van der Waals surface area contributed by atoms with Crippen molar-refractivity contribution in [3.05, 3.63) is 29.7 Å². The molecule has 2 N–H and O–H groups in total. The highest BCUT2D eigenvalue weighted by molar-refractivity contribution is 5.38. The molecule has 0 unspecified atom stereocenters. The third-order valence-electron chi connectivity index (χ3n) is 2.42. The monoisotopic (exact) mass is 204 g/mol. The van der Waals surface area contributed by atoms with Gasteiger partial charge in [0.2, 0.25) is 0 Å². The molecule has 0 spiro atoms. The van der Waals surface area contributed by atoms with Gasteiger partial charge >= 0.3 is 0 Å². The Hall–Kier alpha value is -1.42. The van der Waals surface area contributed by atoms with Crippen molar-refractivity contribution in [2.24, 2.45) is 5.73 Å². The van der Waals surface area contributed by atoms with E-state index in [2.05, 4.69) is 23.1 Å². The fourth-order valence-electron chi connectivity index (χ4n) is 1.58. The van der Waals surface area contributed by atoms with Gasteiger partial charge in [-0.3, -0.25) is 0 Å². The molecule has 2 aromatic heterocycles. The zero-order valence-corrected chi connectivity index (χ0v) is 8.98. The van der Waals surface area contributed by atoms with Crippen LogP contribution >= 0.6 is 0 Å². The summed E-state index contributed by atoms with van der Waals surface area (Å²) in [7, 11) is 0. The highest BCUT2D eigenvalue weighted by Crippen LogP contribution is 2.07. The third kappa shape index (κ3) is 2.15. The van der Waals surface area contributed by atoms with Crippen LogP contribution in [0.15, 0.2) is 18.3 Å². The van der Waals surface area contributed by atoms with Gasteiger partial charge in [0.25, 0.3) is 0 Å². The number of pyridine rings is 1. The van der Waals surface area contributed by atoms with Gasteiger partial charge in [-0.1, -0.05) is 13.0 Å². The first-order valence-electron chi connectivity index (χ1n) is 5.37. The lowest BCUT2D eigenvalue weighted by atomic mass is 10.1. The van der Waals surface area contributed by atoms with Crippen molar-refractivity contribution >= 4 is 5.65 Å². The predicted octanol–water partition coefficient (Wildman–Crippen LogP) is 1.18. The topological polar surface area (TPSA) is 56.2 Å². The van der Waals surface area contributed by atoms with Crippen molar-refractivity contribution in [2.45, 2.75) is 26.2 Å². The second-order valence-electron chi connectivity index (χ2n) is 3.61. The van der Waals surface area contributed by atoms with Gasteiger partial charge in [-0.25, -0.2) is 9.50 Å². The first kappa shape index (κ1) is 10.1. The van der Waals surface area contributed by atoms with Crippen LogP contribution in [0.1, 0.15) is 24.7 Å². The first-order chi connectivity index (χ1) is 7.33. The van der Waals surface area contributed by atoms with Crippen molar-refractivity contribution in [1.29, 1.82) is 0 Å². The quantitative estimate of drug-likeness (QED) is 0.813. The Morgan fingerprint density at radius 3 is 3.00 bits per heavy atom. The van der Waals surface area contributed by atoms with Crippen LogP contribution in [0.5, 0.6) is 0 Å². The molecule has 0 atom stereocenters. The molecule has 15 heavy (non-hydrogen) atoms. The van der Waals surface area contributed by atoms with E-state index in [1.165, 1.54) is 5.56 Å². The lowest BCUT2D eigenvalue weighted by Crippen LogP contribution is -2.01. The van der Waals surface area contributed by atoms with Crippen LogP contribution in [0.25, 0.3) is 5.65 Å². The molecule has 0 amide bonds. The maximum Gasteiger partial charge on any atom is 0.155 e. The normalized spacial score (nSPS) is 11.1. The zero-order valence-electron chi connectivity index (χ0n) is 8.98. The summed E-state index contributed by atoms with van der Waals surface area (Å²) in [6, 6.07) is 4.11. The molecular weight excluding hydrogens is 188 g/mol. The summed E-state index contributed by atoms with van der Waals surface area (Å²) < 4.78 is 1.85. The van der Waals surface area contributed by atoms with Crippen molar-refractivity contribution in [3.8, 4) is 0 Å². The summed E-state index contributed by atoms with van der Waals surface area (Å²) in [6.07, 6.45) is 4.94. The van der Waals surface area contributed by atoms with Crippen molar-refractivity contribution < 1.29 is 0 Å². The van der Waals surface area contributed by atoms with E-state index in [1.807, 2.05) is 16.8 Å². The van der Waals surface area contributed by atoms with Crippen molar-refractivity contribution in [3.63, 3.8) is 0 Å². The Kier molecular flexibility index (Phi) is 2.97. The molecule has 0 radical (unpaired) electrons. The zero-order chi connectivity index (χ0) is 10.7. The standard InChI is InChI=1S/C11H16N4/c1-2-10-13-11-6-5-9(4-3-7-12)8-15(11)14-10/h5-6,8H,2-4,7,12H2,1H3. The molecule has 0 bridgehead atoms. The molecule has 80 valence electrons. The number of nitrogens with two attached hydrogens (primary N) is 1. The van der Waals surface area contributed by atoms with Gasteiger partial charge in [-0.15, -0.1) is 0 Å². The molecule has 0 saturated carbocycles. The molecule has 4 heteroatoms. The maximum absolute atomic E-state index is 5.48. The van der Waals surface area contributed by atoms with Crippen LogP contribution in [0.4, 0.5) is 0 Å². The van der Waals surface area contributed by atoms with Crippen molar-refractivity contribution in [1.82, 2.24) is 14.6 Å². The highest BCUT2D eigenvalue weighted by atomic mass is 15.3. The summed E-state index contributed by atoms with van der Waals surface area (Å²) >= 11 is 0. The van der Waals surface area contributed by atoms with E-state index in [4.69, 9.17) is 5.73 Å². The van der Waals surface area contributed by atoms with Gasteiger partial charge in [0.15, 0.2) is 11.5 Å². The Bertz CT molecular complexity index is 447. The molecule has 0 aliphatic rings. The minimum absolute atomic E-state index is 0.732. The van der Waals surface area contributed by atoms with E-state index in [0.29, 0.717) is 0 Å². The summed E-state index contributed by atoms with van der Waals surface area (Å²) in [5.74, 6) is 0.894. The highest BCUT2D eigenvalue weighted by Gasteiger charge is 2.01. The third-order valence-corrected chi connectivity index (χ3v) is 2.42. The minimum atomic E-state index is 0.732. The first-order valence-corrected chi connectivity index (χ1v) is 5.37. The number of hydrogen-bond donors (Lipinski definition) is 1. The van der Waals surface area contributed by atoms with Crippen LogP contribution in [-0.4, -0.2) is 21.1 Å². The maximum atomic E-state index is 5.48. The van der Waals surface area contributed by atoms with Gasteiger partial charge in [0.1, 0.15) is 0 Å². The van der Waals surface area contributed by atoms with E-state index in [1.54, 1.807) is 0 Å². The van der Waals surface area contributed by atoms with Gasteiger partial charge in [-0.2, -0.15) is 5.10 Å². The van der Waals surface area contributed by atoms with Gasteiger partial charge in [0.05, 0.1) is 0 Å². The molecule has 2 aromatic rings. The van der Waals surface area contributed by atoms with E-state index >= 15 is 0 Å². The van der Waals surface area contributed by atoms with Crippen LogP contribution in [0.3, 0.4) is 0 Å². The van der Waals surface area contributed by atoms with E-state index in [-0.39, 0.29) is 0 Å². The Labute approximate surface area is 89.1 Å². The number of hydrogen-bond acceptors (Lipinski definition) is 3. The number of aryl methyl sites for hydroxylation is 2.